The van der Waals surface area contributed by atoms with Gasteiger partial charge in [-0.25, -0.2) is 4.79 Å². The van der Waals surface area contributed by atoms with E-state index in [0.717, 1.165) is 44.9 Å². The average Bonchev–Trinajstić information content (AvgIpc) is 2.87. The number of amides is 1. The van der Waals surface area contributed by atoms with Gasteiger partial charge in [0.1, 0.15) is 6.10 Å². The van der Waals surface area contributed by atoms with Gasteiger partial charge in [0.2, 0.25) is 0 Å². The van der Waals surface area contributed by atoms with Crippen LogP contribution in [0.25, 0.3) is 0 Å². The quantitative estimate of drug-likeness (QED) is 0.711. The third-order valence-electron chi connectivity index (χ3n) is 9.53. The lowest BCUT2D eigenvalue weighted by atomic mass is 9.38. The van der Waals surface area contributed by atoms with Crippen LogP contribution in [-0.2, 0) is 4.74 Å². The van der Waals surface area contributed by atoms with Gasteiger partial charge in [0.15, 0.2) is 0 Å². The fraction of sp³-hybridized carbons (Fsp3) is 0.957. The first-order chi connectivity index (χ1) is 12.8. The van der Waals surface area contributed by atoms with Crippen LogP contribution >= 0.6 is 0 Å². The molecule has 8 atom stereocenters. The minimum absolute atomic E-state index is 0.0837. The van der Waals surface area contributed by atoms with Gasteiger partial charge in [0, 0.05) is 14.1 Å². The van der Waals surface area contributed by atoms with Crippen molar-refractivity contribution >= 4 is 6.09 Å². The molecule has 1 amide bonds. The van der Waals surface area contributed by atoms with Crippen LogP contribution < -0.4 is 0 Å². The van der Waals surface area contributed by atoms with Crippen molar-refractivity contribution in [2.45, 2.75) is 90.4 Å². The molecule has 4 fully saturated rings. The van der Waals surface area contributed by atoms with Crippen molar-refractivity contribution in [3.63, 3.8) is 0 Å². The molecule has 4 rings (SSSR count). The first-order valence-corrected chi connectivity index (χ1v) is 11.1. The number of aliphatic hydroxyl groups is 2. The second-order valence-electron chi connectivity index (χ2n) is 11.8. The maximum Gasteiger partial charge on any atom is 0.409 e. The molecule has 0 aliphatic heterocycles. The van der Waals surface area contributed by atoms with Gasteiger partial charge in [-0.1, -0.05) is 20.8 Å². The van der Waals surface area contributed by atoms with Crippen LogP contribution in [0.3, 0.4) is 0 Å². The Balaban J connectivity index is 1.73. The summed E-state index contributed by atoms with van der Waals surface area (Å²) in [6.45, 7) is 8.87. The summed E-state index contributed by atoms with van der Waals surface area (Å²) in [7, 11) is 3.45. The molecule has 5 heteroatoms. The second-order valence-corrected chi connectivity index (χ2v) is 11.8. The second kappa shape index (κ2) is 6.10. The molecule has 4 saturated carbocycles. The van der Waals surface area contributed by atoms with Crippen LogP contribution in [0, 0.1) is 34.0 Å². The summed E-state index contributed by atoms with van der Waals surface area (Å²) in [4.78, 5) is 13.8. The molecule has 28 heavy (non-hydrogen) atoms. The Labute approximate surface area is 169 Å². The number of carbonyl (C=O) groups is 1. The lowest BCUT2D eigenvalue weighted by molar-refractivity contribution is -0.228. The molecule has 1 spiro atoms. The van der Waals surface area contributed by atoms with Crippen molar-refractivity contribution in [3.05, 3.63) is 0 Å². The van der Waals surface area contributed by atoms with E-state index < -0.39 is 5.60 Å². The Kier molecular flexibility index (Phi) is 4.46. The molecule has 0 aromatic carbocycles. The first-order valence-electron chi connectivity index (χ1n) is 11.1. The number of rotatable bonds is 1. The van der Waals surface area contributed by atoms with Crippen LogP contribution in [0.1, 0.15) is 72.6 Å². The van der Waals surface area contributed by atoms with E-state index in [9.17, 15) is 15.0 Å². The van der Waals surface area contributed by atoms with Gasteiger partial charge in [-0.2, -0.15) is 0 Å². The monoisotopic (exact) mass is 393 g/mol. The van der Waals surface area contributed by atoms with Crippen LogP contribution in [0.15, 0.2) is 0 Å². The molecule has 2 bridgehead atoms. The van der Waals surface area contributed by atoms with Gasteiger partial charge in [0.05, 0.1) is 11.7 Å². The van der Waals surface area contributed by atoms with Crippen molar-refractivity contribution < 1.29 is 19.7 Å². The molecule has 2 N–H and O–H groups in total. The highest BCUT2D eigenvalue weighted by Gasteiger charge is 2.71. The van der Waals surface area contributed by atoms with Crippen LogP contribution in [0.2, 0.25) is 0 Å². The van der Waals surface area contributed by atoms with Crippen molar-refractivity contribution in [2.75, 3.05) is 14.1 Å². The Hall–Kier alpha value is -0.810. The van der Waals surface area contributed by atoms with E-state index in [0.29, 0.717) is 11.8 Å². The zero-order valence-electron chi connectivity index (χ0n) is 18.5. The topological polar surface area (TPSA) is 70.0 Å². The van der Waals surface area contributed by atoms with E-state index in [2.05, 4.69) is 20.8 Å². The Morgan fingerprint density at radius 1 is 1.00 bits per heavy atom. The van der Waals surface area contributed by atoms with E-state index >= 15 is 0 Å². The summed E-state index contributed by atoms with van der Waals surface area (Å²) in [6.07, 6.45) is 5.71. The number of nitrogens with zero attached hydrogens (tertiary/aromatic N) is 1. The molecular formula is C23H39NO4. The fourth-order valence-electron chi connectivity index (χ4n) is 8.49. The van der Waals surface area contributed by atoms with Gasteiger partial charge >= 0.3 is 6.09 Å². The molecule has 5 nitrogen and oxygen atoms in total. The molecule has 160 valence electrons. The highest BCUT2D eigenvalue weighted by Crippen LogP contribution is 2.75. The summed E-state index contributed by atoms with van der Waals surface area (Å²) >= 11 is 0. The van der Waals surface area contributed by atoms with E-state index in [1.807, 2.05) is 6.92 Å². The Bertz CT molecular complexity index is 659. The lowest BCUT2D eigenvalue weighted by Crippen LogP contribution is -2.64. The van der Waals surface area contributed by atoms with Gasteiger partial charge < -0.3 is 19.8 Å². The molecule has 4 aliphatic carbocycles. The normalized spacial score (nSPS) is 51.8. The predicted molar refractivity (Wildman–Crippen MR) is 108 cm³/mol. The molecule has 4 aliphatic rings. The zero-order chi connectivity index (χ0) is 20.7. The first kappa shape index (κ1) is 20.5. The number of hydrogen-bond acceptors (Lipinski definition) is 4. The molecule has 0 aromatic rings. The number of carbonyl (C=O) groups excluding carboxylic acids is 1. The van der Waals surface area contributed by atoms with Crippen molar-refractivity contribution in [3.8, 4) is 0 Å². The van der Waals surface area contributed by atoms with Crippen molar-refractivity contribution in [1.29, 1.82) is 0 Å². The average molecular weight is 394 g/mol. The Morgan fingerprint density at radius 3 is 2.32 bits per heavy atom. The van der Waals surface area contributed by atoms with Gasteiger partial charge in [-0.15, -0.1) is 0 Å². The van der Waals surface area contributed by atoms with Gasteiger partial charge in [0.25, 0.3) is 0 Å². The third kappa shape index (κ3) is 2.68. The summed E-state index contributed by atoms with van der Waals surface area (Å²) in [6, 6.07) is 0. The van der Waals surface area contributed by atoms with E-state index in [1.54, 1.807) is 14.1 Å². The molecule has 0 radical (unpaired) electrons. The maximum absolute atomic E-state index is 12.3. The summed E-state index contributed by atoms with van der Waals surface area (Å²) < 4.78 is 5.92. The minimum atomic E-state index is -0.583. The standard InChI is InChI=1S/C23H39NO4/c1-20(2)12-16(28-19(26)24(5)6)13-21(3)18(20)17(25)10-14-9-15-11-23(14,21)8-7-22(15,4)27/h14-18,25,27H,7-13H2,1-6H3/t14-,15-,16-,17-,18-,21-,22-,23+/m0/s1. The predicted octanol–water partition coefficient (Wildman–Crippen LogP) is 3.82. The van der Waals surface area contributed by atoms with E-state index in [-0.39, 0.29) is 40.5 Å². The minimum Gasteiger partial charge on any atom is -0.446 e. The highest BCUT2D eigenvalue weighted by atomic mass is 16.6. The van der Waals surface area contributed by atoms with Gasteiger partial charge in [-0.05, 0) is 85.9 Å². The summed E-state index contributed by atoms with van der Waals surface area (Å²) in [5.41, 5.74) is -0.619. The van der Waals surface area contributed by atoms with E-state index in [4.69, 9.17) is 4.74 Å². The summed E-state index contributed by atoms with van der Waals surface area (Å²) in [5, 5.41) is 22.2. The number of hydrogen-bond donors (Lipinski definition) is 2. The molecule has 0 saturated heterocycles. The molecular weight excluding hydrogens is 354 g/mol. The molecule has 0 aromatic heterocycles. The number of fused-ring (bicyclic) bond motifs is 2. The van der Waals surface area contributed by atoms with Gasteiger partial charge in [-0.3, -0.25) is 0 Å². The maximum atomic E-state index is 12.3. The van der Waals surface area contributed by atoms with Crippen LogP contribution in [-0.4, -0.2) is 53.1 Å². The number of aliphatic hydroxyl groups excluding tert-OH is 1. The largest absolute Gasteiger partial charge is 0.446 e. The zero-order valence-corrected chi connectivity index (χ0v) is 18.5. The third-order valence-corrected chi connectivity index (χ3v) is 9.53. The van der Waals surface area contributed by atoms with Crippen molar-refractivity contribution in [1.82, 2.24) is 4.90 Å². The smallest absolute Gasteiger partial charge is 0.409 e. The molecule has 0 heterocycles. The SMILES string of the molecule is CN(C)C(=O)O[C@H]1CC(C)(C)[C@@H]2[C@@H](O)C[C@@H]3C[C@H]4C[C@@]3(CC[C@]4(C)O)[C@@]2(C)C1. The fourth-order valence-corrected chi connectivity index (χ4v) is 8.49. The van der Waals surface area contributed by atoms with Crippen LogP contribution in [0.4, 0.5) is 4.79 Å². The number of ether oxygens (including phenoxy) is 1. The van der Waals surface area contributed by atoms with Crippen molar-refractivity contribution in [2.24, 2.45) is 34.0 Å². The van der Waals surface area contributed by atoms with E-state index in [1.165, 1.54) is 4.90 Å². The Morgan fingerprint density at radius 2 is 1.68 bits per heavy atom. The molecule has 0 unspecified atom stereocenters. The lowest BCUT2D eigenvalue weighted by Gasteiger charge is -2.67. The summed E-state index contributed by atoms with van der Waals surface area (Å²) in [5.74, 6) is 0.982. The highest BCUT2D eigenvalue weighted by molar-refractivity contribution is 5.67. The van der Waals surface area contributed by atoms with Crippen LogP contribution in [0.5, 0.6) is 0 Å².